The van der Waals surface area contributed by atoms with E-state index in [9.17, 15) is 12.8 Å². The molecule has 1 heterocycles. The van der Waals surface area contributed by atoms with Crippen LogP contribution in [0, 0.1) is 5.82 Å². The molecule has 0 spiro atoms. The van der Waals surface area contributed by atoms with Gasteiger partial charge in [-0.2, -0.15) is 0 Å². The molecule has 2 rings (SSSR count). The van der Waals surface area contributed by atoms with E-state index in [-0.39, 0.29) is 6.04 Å². The number of nitrogens with zero attached hydrogens (tertiary/aromatic N) is 1. The van der Waals surface area contributed by atoms with Gasteiger partial charge in [-0.15, -0.1) is 0 Å². The third-order valence-corrected chi connectivity index (χ3v) is 4.21. The van der Waals surface area contributed by atoms with Gasteiger partial charge in [-0.1, -0.05) is 24.3 Å². The molecule has 136 valence electrons. The highest BCUT2D eigenvalue weighted by Crippen LogP contribution is 2.14. The van der Waals surface area contributed by atoms with Crippen molar-refractivity contribution in [2.75, 3.05) is 19.4 Å². The minimum absolute atomic E-state index is 0.270. The van der Waals surface area contributed by atoms with Gasteiger partial charge in [-0.25, -0.2) is 22.5 Å². The van der Waals surface area contributed by atoms with Gasteiger partial charge >= 0.3 is 0 Å². The fraction of sp³-hybridized carbons (Fsp3) is 0.353. The molecule has 1 aromatic carbocycles. The highest BCUT2D eigenvalue weighted by Gasteiger charge is 2.10. The maximum Gasteiger partial charge on any atom is 0.213 e. The summed E-state index contributed by atoms with van der Waals surface area (Å²) >= 11 is 0. The van der Waals surface area contributed by atoms with E-state index in [1.807, 2.05) is 24.3 Å². The van der Waals surface area contributed by atoms with E-state index in [1.165, 1.54) is 12.1 Å². The standard InChI is InChI=1S/C17H22FN3O3S/c1-13(21-25(2,22)23)15-5-3-14(4-6-15)11-19-9-10-24-17-8-7-16(18)12-20-17/h3-8,12-13,19,21H,9-11H2,1-2H3. The van der Waals surface area contributed by atoms with Crippen molar-refractivity contribution < 1.29 is 17.5 Å². The molecule has 0 fully saturated rings. The largest absolute Gasteiger partial charge is 0.476 e. The van der Waals surface area contributed by atoms with Crippen LogP contribution in [-0.4, -0.2) is 32.8 Å². The Morgan fingerprint density at radius 3 is 2.52 bits per heavy atom. The monoisotopic (exact) mass is 367 g/mol. The van der Waals surface area contributed by atoms with Gasteiger partial charge in [0.2, 0.25) is 15.9 Å². The van der Waals surface area contributed by atoms with Gasteiger partial charge in [-0.3, -0.25) is 0 Å². The molecule has 1 atom stereocenters. The Morgan fingerprint density at radius 1 is 1.20 bits per heavy atom. The van der Waals surface area contributed by atoms with E-state index in [2.05, 4.69) is 15.0 Å². The van der Waals surface area contributed by atoms with Crippen LogP contribution in [-0.2, 0) is 16.6 Å². The summed E-state index contributed by atoms with van der Waals surface area (Å²) in [5.74, 6) is -0.00473. The Morgan fingerprint density at radius 2 is 1.92 bits per heavy atom. The molecule has 0 bridgehead atoms. The van der Waals surface area contributed by atoms with Crippen LogP contribution in [0.3, 0.4) is 0 Å². The Kier molecular flexibility index (Phi) is 6.86. The number of benzene rings is 1. The normalized spacial score (nSPS) is 12.8. The van der Waals surface area contributed by atoms with E-state index in [4.69, 9.17) is 4.74 Å². The van der Waals surface area contributed by atoms with Crippen molar-refractivity contribution in [3.8, 4) is 5.88 Å². The van der Waals surface area contributed by atoms with Gasteiger partial charge < -0.3 is 10.1 Å². The van der Waals surface area contributed by atoms with E-state index in [0.29, 0.717) is 25.6 Å². The molecule has 8 heteroatoms. The van der Waals surface area contributed by atoms with Crippen LogP contribution in [0.4, 0.5) is 4.39 Å². The first-order valence-electron chi connectivity index (χ1n) is 7.85. The lowest BCUT2D eigenvalue weighted by Gasteiger charge is -2.13. The summed E-state index contributed by atoms with van der Waals surface area (Å²) in [6.45, 7) is 3.50. The predicted molar refractivity (Wildman–Crippen MR) is 94.2 cm³/mol. The van der Waals surface area contributed by atoms with E-state index in [0.717, 1.165) is 23.6 Å². The Labute approximate surface area is 147 Å². The predicted octanol–water partition coefficient (Wildman–Crippen LogP) is 2.00. The second-order valence-corrected chi connectivity index (χ2v) is 7.47. The zero-order chi connectivity index (χ0) is 18.3. The number of halogens is 1. The zero-order valence-corrected chi connectivity index (χ0v) is 15.0. The minimum atomic E-state index is -3.23. The van der Waals surface area contributed by atoms with Gasteiger partial charge in [-0.05, 0) is 24.1 Å². The first-order valence-corrected chi connectivity index (χ1v) is 9.74. The van der Waals surface area contributed by atoms with Crippen molar-refractivity contribution in [3.63, 3.8) is 0 Å². The summed E-state index contributed by atoms with van der Waals surface area (Å²) in [5.41, 5.74) is 1.98. The quantitative estimate of drug-likeness (QED) is 0.663. The summed E-state index contributed by atoms with van der Waals surface area (Å²) in [6.07, 6.45) is 2.26. The lowest BCUT2D eigenvalue weighted by Crippen LogP contribution is -2.25. The average Bonchev–Trinajstić information content (AvgIpc) is 2.55. The van der Waals surface area contributed by atoms with Crippen molar-refractivity contribution in [2.24, 2.45) is 0 Å². The molecule has 0 aliphatic heterocycles. The van der Waals surface area contributed by atoms with Crippen LogP contribution in [0.2, 0.25) is 0 Å². The molecule has 25 heavy (non-hydrogen) atoms. The number of hydrogen-bond donors (Lipinski definition) is 2. The van der Waals surface area contributed by atoms with Gasteiger partial charge in [0, 0.05) is 25.2 Å². The molecular formula is C17H22FN3O3S. The Bertz CT molecular complexity index is 765. The molecule has 2 N–H and O–H groups in total. The summed E-state index contributed by atoms with van der Waals surface area (Å²) in [4.78, 5) is 3.81. The fourth-order valence-electron chi connectivity index (χ4n) is 2.22. The number of sulfonamides is 1. The molecule has 0 saturated carbocycles. The number of ether oxygens (including phenoxy) is 1. The minimum Gasteiger partial charge on any atom is -0.476 e. The van der Waals surface area contributed by atoms with Crippen LogP contribution in [0.15, 0.2) is 42.6 Å². The van der Waals surface area contributed by atoms with Crippen molar-refractivity contribution >= 4 is 10.0 Å². The number of pyridine rings is 1. The summed E-state index contributed by atoms with van der Waals surface area (Å²) in [6, 6.07) is 10.2. The van der Waals surface area contributed by atoms with Crippen LogP contribution < -0.4 is 14.8 Å². The Balaban J connectivity index is 1.71. The van der Waals surface area contributed by atoms with Crippen LogP contribution in [0.1, 0.15) is 24.1 Å². The highest BCUT2D eigenvalue weighted by atomic mass is 32.2. The molecule has 0 aliphatic carbocycles. The second-order valence-electron chi connectivity index (χ2n) is 5.69. The summed E-state index contributed by atoms with van der Waals surface area (Å²) < 4.78 is 43.1. The molecule has 0 saturated heterocycles. The summed E-state index contributed by atoms with van der Waals surface area (Å²) in [5, 5.41) is 3.23. The van der Waals surface area contributed by atoms with Gasteiger partial charge in [0.25, 0.3) is 0 Å². The third-order valence-electron chi connectivity index (χ3n) is 3.43. The van der Waals surface area contributed by atoms with E-state index >= 15 is 0 Å². The molecule has 0 aliphatic rings. The molecular weight excluding hydrogens is 345 g/mol. The van der Waals surface area contributed by atoms with Crippen LogP contribution in [0.5, 0.6) is 5.88 Å². The van der Waals surface area contributed by atoms with Crippen LogP contribution in [0.25, 0.3) is 0 Å². The Hall–Kier alpha value is -2.03. The van der Waals surface area contributed by atoms with E-state index in [1.54, 1.807) is 6.92 Å². The topological polar surface area (TPSA) is 80.3 Å². The number of aromatic nitrogens is 1. The lowest BCUT2D eigenvalue weighted by atomic mass is 10.1. The first-order chi connectivity index (χ1) is 11.8. The number of nitrogens with one attached hydrogen (secondary N) is 2. The third kappa shape index (κ3) is 7.16. The molecule has 2 aromatic rings. The van der Waals surface area contributed by atoms with Gasteiger partial charge in [0.1, 0.15) is 12.4 Å². The van der Waals surface area contributed by atoms with Crippen molar-refractivity contribution in [1.29, 1.82) is 0 Å². The molecule has 6 nitrogen and oxygen atoms in total. The lowest BCUT2D eigenvalue weighted by molar-refractivity contribution is 0.301. The SMILES string of the molecule is CC(NS(C)(=O)=O)c1ccc(CNCCOc2ccc(F)cn2)cc1. The summed E-state index contributed by atoms with van der Waals surface area (Å²) in [7, 11) is -3.23. The van der Waals surface area contributed by atoms with E-state index < -0.39 is 15.8 Å². The molecule has 0 radical (unpaired) electrons. The maximum atomic E-state index is 12.7. The fourth-order valence-corrected chi connectivity index (χ4v) is 3.00. The molecule has 1 unspecified atom stereocenters. The average molecular weight is 367 g/mol. The molecule has 1 aromatic heterocycles. The molecule has 0 amide bonds. The number of rotatable bonds is 9. The first kappa shape index (κ1) is 19.3. The van der Waals surface area contributed by atoms with Gasteiger partial charge in [0.05, 0.1) is 12.5 Å². The second kappa shape index (κ2) is 8.89. The highest BCUT2D eigenvalue weighted by molar-refractivity contribution is 7.88. The van der Waals surface area contributed by atoms with Gasteiger partial charge in [0.15, 0.2) is 0 Å². The van der Waals surface area contributed by atoms with Crippen molar-refractivity contribution in [2.45, 2.75) is 19.5 Å². The number of hydrogen-bond acceptors (Lipinski definition) is 5. The van der Waals surface area contributed by atoms with Crippen LogP contribution >= 0.6 is 0 Å². The zero-order valence-electron chi connectivity index (χ0n) is 14.2. The van der Waals surface area contributed by atoms with Crippen molar-refractivity contribution in [3.05, 3.63) is 59.5 Å². The maximum absolute atomic E-state index is 12.7. The van der Waals surface area contributed by atoms with Crippen molar-refractivity contribution in [1.82, 2.24) is 15.0 Å². The smallest absolute Gasteiger partial charge is 0.213 e.